The molecule has 2 N–H and O–H groups in total. The Morgan fingerprint density at radius 3 is 2.41 bits per heavy atom. The molecule has 4 nitrogen and oxygen atoms in total. The van der Waals surface area contributed by atoms with Crippen LogP contribution >= 0.6 is 23.2 Å². The number of hydrogen-bond donors (Lipinski definition) is 2. The zero-order chi connectivity index (χ0) is 12.3. The second kappa shape index (κ2) is 5.12. The predicted molar refractivity (Wildman–Crippen MR) is 67.8 cm³/mol. The number of rotatable bonds is 2. The minimum Gasteiger partial charge on any atom is -0.449 e. The van der Waals surface area contributed by atoms with Crippen molar-refractivity contribution in [3.8, 4) is 0 Å². The van der Waals surface area contributed by atoms with E-state index in [4.69, 9.17) is 27.6 Å². The summed E-state index contributed by atoms with van der Waals surface area (Å²) in [5, 5.41) is 5.99. The lowest BCUT2D eigenvalue weighted by molar-refractivity contribution is 0.261. The summed E-state index contributed by atoms with van der Waals surface area (Å²) >= 11 is 11.6. The average Bonchev–Trinajstić information content (AvgIpc) is 2.67. The lowest BCUT2D eigenvalue weighted by atomic mass is 10.3. The molecule has 0 saturated heterocycles. The Balaban J connectivity index is 2.03. The van der Waals surface area contributed by atoms with Crippen molar-refractivity contribution >= 4 is 40.8 Å². The summed E-state index contributed by atoms with van der Waals surface area (Å²) in [7, 11) is 0. The molecule has 0 aliphatic heterocycles. The Morgan fingerprint density at radius 2 is 1.82 bits per heavy atom. The third-order valence-corrected chi connectivity index (χ3v) is 2.31. The van der Waals surface area contributed by atoms with Crippen molar-refractivity contribution in [1.29, 1.82) is 0 Å². The molecule has 1 heterocycles. The van der Waals surface area contributed by atoms with E-state index in [1.54, 1.807) is 30.3 Å². The van der Waals surface area contributed by atoms with E-state index in [9.17, 15) is 4.79 Å². The van der Waals surface area contributed by atoms with Gasteiger partial charge in [-0.15, -0.1) is 0 Å². The van der Waals surface area contributed by atoms with Crippen molar-refractivity contribution in [1.82, 2.24) is 0 Å². The number of amides is 2. The van der Waals surface area contributed by atoms with Crippen LogP contribution in [0.4, 0.5) is 16.4 Å². The van der Waals surface area contributed by atoms with Crippen LogP contribution in [0.1, 0.15) is 0 Å². The molecule has 17 heavy (non-hydrogen) atoms. The Labute approximate surface area is 108 Å². The van der Waals surface area contributed by atoms with Crippen LogP contribution in [-0.2, 0) is 0 Å². The molecule has 0 fully saturated rings. The van der Waals surface area contributed by atoms with Crippen LogP contribution in [0.2, 0.25) is 10.0 Å². The minimum absolute atomic E-state index is 0.357. The zero-order valence-electron chi connectivity index (χ0n) is 8.54. The van der Waals surface area contributed by atoms with Crippen LogP contribution in [0.3, 0.4) is 0 Å². The van der Waals surface area contributed by atoms with E-state index < -0.39 is 6.03 Å². The van der Waals surface area contributed by atoms with E-state index in [0.29, 0.717) is 21.6 Å². The third-order valence-electron chi connectivity index (χ3n) is 1.88. The molecule has 0 unspecified atom stereocenters. The van der Waals surface area contributed by atoms with Gasteiger partial charge in [-0.1, -0.05) is 23.2 Å². The molecule has 0 aliphatic carbocycles. The molecule has 0 bridgehead atoms. The van der Waals surface area contributed by atoms with Crippen molar-refractivity contribution in [3.05, 3.63) is 46.6 Å². The maximum Gasteiger partial charge on any atom is 0.326 e. The van der Waals surface area contributed by atoms with Crippen molar-refractivity contribution in [2.75, 3.05) is 10.6 Å². The fourth-order valence-corrected chi connectivity index (χ4v) is 1.78. The van der Waals surface area contributed by atoms with E-state index in [2.05, 4.69) is 10.6 Å². The van der Waals surface area contributed by atoms with Gasteiger partial charge in [0.1, 0.15) is 0 Å². The summed E-state index contributed by atoms with van der Waals surface area (Å²) in [6, 6.07) is 7.64. The molecule has 88 valence electrons. The number of halogens is 2. The molecule has 1 aromatic carbocycles. The first-order chi connectivity index (χ1) is 8.13. The van der Waals surface area contributed by atoms with Gasteiger partial charge < -0.3 is 9.73 Å². The Bertz CT molecular complexity index is 506. The largest absolute Gasteiger partial charge is 0.449 e. The highest BCUT2D eigenvalue weighted by molar-refractivity contribution is 6.35. The molecule has 0 atom stereocenters. The summed E-state index contributed by atoms with van der Waals surface area (Å²) in [6.45, 7) is 0. The highest BCUT2D eigenvalue weighted by atomic mass is 35.5. The molecule has 1 aromatic heterocycles. The van der Waals surface area contributed by atoms with Crippen LogP contribution in [0.25, 0.3) is 0 Å². The van der Waals surface area contributed by atoms with E-state index in [0.717, 1.165) is 0 Å². The number of urea groups is 1. The van der Waals surface area contributed by atoms with Crippen LogP contribution in [0, 0.1) is 0 Å². The van der Waals surface area contributed by atoms with Crippen molar-refractivity contribution in [3.63, 3.8) is 0 Å². The fourth-order valence-electron chi connectivity index (χ4n) is 1.25. The van der Waals surface area contributed by atoms with E-state index in [1.165, 1.54) is 6.26 Å². The van der Waals surface area contributed by atoms with Crippen LogP contribution in [-0.4, -0.2) is 6.03 Å². The van der Waals surface area contributed by atoms with Gasteiger partial charge in [-0.25, -0.2) is 4.79 Å². The number of nitrogens with one attached hydrogen (secondary N) is 2. The first-order valence-corrected chi connectivity index (χ1v) is 5.47. The quantitative estimate of drug-likeness (QED) is 0.858. The van der Waals surface area contributed by atoms with Crippen molar-refractivity contribution in [2.24, 2.45) is 0 Å². The molecule has 0 aliphatic rings. The van der Waals surface area contributed by atoms with Crippen LogP contribution < -0.4 is 10.6 Å². The molecule has 0 spiro atoms. The van der Waals surface area contributed by atoms with Gasteiger partial charge in [0.05, 0.1) is 6.26 Å². The summed E-state index contributed by atoms with van der Waals surface area (Å²) in [4.78, 5) is 11.5. The lowest BCUT2D eigenvalue weighted by Gasteiger charge is -2.06. The SMILES string of the molecule is O=C(Nc1cc(Cl)cc(Cl)c1)Nc1ccco1. The summed E-state index contributed by atoms with van der Waals surface area (Å²) in [5.41, 5.74) is 0.506. The number of benzene rings is 1. The molecule has 0 radical (unpaired) electrons. The van der Waals surface area contributed by atoms with Crippen LogP contribution in [0.15, 0.2) is 41.0 Å². The van der Waals surface area contributed by atoms with E-state index in [1.807, 2.05) is 0 Å². The summed E-state index contributed by atoms with van der Waals surface area (Å²) in [5.74, 6) is 0.357. The van der Waals surface area contributed by atoms with Crippen molar-refractivity contribution < 1.29 is 9.21 Å². The van der Waals surface area contributed by atoms with Crippen LogP contribution in [0.5, 0.6) is 0 Å². The topological polar surface area (TPSA) is 54.3 Å². The highest BCUT2D eigenvalue weighted by Gasteiger charge is 2.05. The third kappa shape index (κ3) is 3.41. The fraction of sp³-hybridized carbons (Fsp3) is 0. The Kier molecular flexibility index (Phi) is 3.56. The second-order valence-corrected chi connectivity index (χ2v) is 4.09. The van der Waals surface area contributed by atoms with Gasteiger partial charge in [-0.3, -0.25) is 5.32 Å². The highest BCUT2D eigenvalue weighted by Crippen LogP contribution is 2.22. The van der Waals surface area contributed by atoms with Gasteiger partial charge in [0.2, 0.25) is 5.88 Å². The van der Waals surface area contributed by atoms with Gasteiger partial charge in [-0.05, 0) is 24.3 Å². The number of anilines is 2. The smallest absolute Gasteiger partial charge is 0.326 e. The van der Waals surface area contributed by atoms with E-state index >= 15 is 0 Å². The molecular formula is C11H8Cl2N2O2. The normalized spacial score (nSPS) is 10.0. The number of carbonyl (C=O) groups excluding carboxylic acids is 1. The molecule has 0 saturated carbocycles. The summed E-state index contributed by atoms with van der Waals surface area (Å²) < 4.78 is 4.97. The van der Waals surface area contributed by atoms with Gasteiger partial charge in [0.25, 0.3) is 0 Å². The molecule has 2 rings (SSSR count). The first-order valence-electron chi connectivity index (χ1n) is 4.71. The van der Waals surface area contributed by atoms with Gasteiger partial charge in [0.15, 0.2) is 0 Å². The van der Waals surface area contributed by atoms with Gasteiger partial charge in [-0.2, -0.15) is 0 Å². The monoisotopic (exact) mass is 270 g/mol. The minimum atomic E-state index is -0.432. The number of hydrogen-bond acceptors (Lipinski definition) is 2. The summed E-state index contributed by atoms with van der Waals surface area (Å²) in [6.07, 6.45) is 1.46. The van der Waals surface area contributed by atoms with Gasteiger partial charge >= 0.3 is 6.03 Å². The molecule has 2 aromatic rings. The Morgan fingerprint density at radius 1 is 1.12 bits per heavy atom. The molecule has 6 heteroatoms. The standard InChI is InChI=1S/C11H8Cl2N2O2/c12-7-4-8(13)6-9(5-7)14-11(16)15-10-2-1-3-17-10/h1-6H,(H2,14,15,16). The van der Waals surface area contributed by atoms with E-state index in [-0.39, 0.29) is 0 Å². The van der Waals surface area contributed by atoms with Gasteiger partial charge in [0, 0.05) is 21.8 Å². The molecular weight excluding hydrogens is 263 g/mol. The average molecular weight is 271 g/mol. The number of carbonyl (C=O) groups is 1. The van der Waals surface area contributed by atoms with Crippen molar-refractivity contribution in [2.45, 2.75) is 0 Å². The second-order valence-electron chi connectivity index (χ2n) is 3.21. The zero-order valence-corrected chi connectivity index (χ0v) is 10.0. The Hall–Kier alpha value is -1.65. The first kappa shape index (κ1) is 11.8. The predicted octanol–water partition coefficient (Wildman–Crippen LogP) is 4.23. The molecule has 2 amide bonds. The number of furan rings is 1. The maximum absolute atomic E-state index is 11.5. The lowest BCUT2D eigenvalue weighted by Crippen LogP contribution is -2.18. The maximum atomic E-state index is 11.5.